The summed E-state index contributed by atoms with van der Waals surface area (Å²) >= 11 is 3.35. The second kappa shape index (κ2) is 7.89. The van der Waals surface area contributed by atoms with Crippen LogP contribution < -0.4 is 0 Å². The summed E-state index contributed by atoms with van der Waals surface area (Å²) in [6, 6.07) is 24.4. The third-order valence-corrected chi connectivity index (χ3v) is 7.06. The zero-order valence-corrected chi connectivity index (χ0v) is 17.3. The highest BCUT2D eigenvalue weighted by Gasteiger charge is 2.36. The van der Waals surface area contributed by atoms with Crippen LogP contribution in [0.25, 0.3) is 16.1 Å². The van der Waals surface area contributed by atoms with Gasteiger partial charge < -0.3 is 4.90 Å². The van der Waals surface area contributed by atoms with E-state index in [0.29, 0.717) is 12.3 Å². The monoisotopic (exact) mass is 417 g/mol. The van der Waals surface area contributed by atoms with Crippen LogP contribution in [0.2, 0.25) is 0 Å². The van der Waals surface area contributed by atoms with Gasteiger partial charge in [0.05, 0.1) is 11.4 Å². The molecular formula is C23H19N3OS2. The molecule has 1 atom stereocenters. The maximum Gasteiger partial charge on any atom is 0.234 e. The van der Waals surface area contributed by atoms with Crippen LogP contribution in [0.4, 0.5) is 0 Å². The number of aromatic nitrogens is 2. The van der Waals surface area contributed by atoms with Gasteiger partial charge in [0, 0.05) is 23.2 Å². The Bertz CT molecular complexity index is 1110. The molecule has 3 heterocycles. The first kappa shape index (κ1) is 18.2. The van der Waals surface area contributed by atoms with Gasteiger partial charge in [-0.25, -0.2) is 4.68 Å². The molecule has 1 amide bonds. The first-order valence-corrected chi connectivity index (χ1v) is 11.4. The SMILES string of the molecule is O=C1CS[C@H](c2nn(-c3ccccc3)cc2-c2cccs2)N1Cc1ccccc1. The number of thioether (sulfide) groups is 1. The second-order valence-corrected chi connectivity index (χ2v) is 8.87. The summed E-state index contributed by atoms with van der Waals surface area (Å²) in [5.41, 5.74) is 4.19. The number of hydrogen-bond donors (Lipinski definition) is 0. The van der Waals surface area contributed by atoms with Crippen molar-refractivity contribution in [3.63, 3.8) is 0 Å². The molecule has 4 aromatic rings. The molecule has 0 spiro atoms. The topological polar surface area (TPSA) is 38.1 Å². The Hall–Kier alpha value is -2.83. The maximum absolute atomic E-state index is 12.7. The van der Waals surface area contributed by atoms with Crippen molar-refractivity contribution in [2.75, 3.05) is 5.75 Å². The van der Waals surface area contributed by atoms with E-state index >= 15 is 0 Å². The average Bonchev–Trinajstić information content (AvgIpc) is 3.50. The van der Waals surface area contributed by atoms with Crippen molar-refractivity contribution in [1.82, 2.24) is 14.7 Å². The number of carbonyl (C=O) groups excluding carboxylic acids is 1. The first-order chi connectivity index (χ1) is 14.3. The fourth-order valence-electron chi connectivity index (χ4n) is 3.54. The molecule has 2 aromatic carbocycles. The van der Waals surface area contributed by atoms with Crippen LogP contribution in [0, 0.1) is 0 Å². The van der Waals surface area contributed by atoms with Gasteiger partial charge in [-0.05, 0) is 29.1 Å². The number of nitrogens with zero attached hydrogens (tertiary/aromatic N) is 3. The lowest BCUT2D eigenvalue weighted by Crippen LogP contribution is -2.28. The van der Waals surface area contributed by atoms with Crippen molar-refractivity contribution in [3.05, 3.63) is 95.6 Å². The van der Waals surface area contributed by atoms with Crippen LogP contribution in [0.3, 0.4) is 0 Å². The minimum Gasteiger partial charge on any atom is -0.320 e. The summed E-state index contributed by atoms with van der Waals surface area (Å²) in [7, 11) is 0. The molecule has 6 heteroatoms. The number of thiophene rings is 1. The predicted octanol–water partition coefficient (Wildman–Crippen LogP) is 5.38. The van der Waals surface area contributed by atoms with Crippen molar-refractivity contribution < 1.29 is 4.79 Å². The summed E-state index contributed by atoms with van der Waals surface area (Å²) in [5.74, 6) is 0.648. The molecule has 1 aliphatic heterocycles. The van der Waals surface area contributed by atoms with E-state index in [4.69, 9.17) is 5.10 Å². The van der Waals surface area contributed by atoms with Crippen molar-refractivity contribution in [3.8, 4) is 16.1 Å². The van der Waals surface area contributed by atoms with Crippen molar-refractivity contribution in [2.45, 2.75) is 11.9 Å². The van der Waals surface area contributed by atoms with Gasteiger partial charge >= 0.3 is 0 Å². The molecule has 1 fully saturated rings. The highest BCUT2D eigenvalue weighted by Crippen LogP contribution is 2.43. The Morgan fingerprint density at radius 2 is 1.72 bits per heavy atom. The standard InChI is InChI=1S/C23H19N3OS2/c27-21-16-29-23(25(21)14-17-8-3-1-4-9-17)22-19(20-12-7-13-28-20)15-26(24-22)18-10-5-2-6-11-18/h1-13,15,23H,14,16H2/t23-/m1/s1. The van der Waals surface area contributed by atoms with Gasteiger partial charge in [0.25, 0.3) is 0 Å². The predicted molar refractivity (Wildman–Crippen MR) is 119 cm³/mol. The van der Waals surface area contributed by atoms with Crippen molar-refractivity contribution in [2.24, 2.45) is 0 Å². The third-order valence-electron chi connectivity index (χ3n) is 4.95. The van der Waals surface area contributed by atoms with E-state index in [9.17, 15) is 4.79 Å². The van der Waals surface area contributed by atoms with Gasteiger partial charge in [0.15, 0.2) is 0 Å². The summed E-state index contributed by atoms with van der Waals surface area (Å²) < 4.78 is 1.93. The molecule has 144 valence electrons. The molecular weight excluding hydrogens is 398 g/mol. The van der Waals surface area contributed by atoms with Crippen LogP contribution in [-0.4, -0.2) is 26.3 Å². The summed E-state index contributed by atoms with van der Waals surface area (Å²) in [6.45, 7) is 0.597. The van der Waals surface area contributed by atoms with E-state index < -0.39 is 0 Å². The zero-order chi connectivity index (χ0) is 19.6. The number of rotatable bonds is 5. The van der Waals surface area contributed by atoms with E-state index in [2.05, 4.69) is 35.8 Å². The van der Waals surface area contributed by atoms with E-state index in [0.717, 1.165) is 22.5 Å². The number of amides is 1. The highest BCUT2D eigenvalue weighted by atomic mass is 32.2. The van der Waals surface area contributed by atoms with Gasteiger partial charge in [-0.1, -0.05) is 54.6 Å². The van der Waals surface area contributed by atoms with E-state index in [-0.39, 0.29) is 11.3 Å². The molecule has 1 saturated heterocycles. The number of carbonyl (C=O) groups is 1. The van der Waals surface area contributed by atoms with E-state index in [1.54, 1.807) is 23.1 Å². The largest absolute Gasteiger partial charge is 0.320 e. The maximum atomic E-state index is 12.7. The molecule has 0 aliphatic carbocycles. The van der Waals surface area contributed by atoms with Crippen LogP contribution in [0.15, 0.2) is 84.4 Å². The molecule has 0 saturated carbocycles. The van der Waals surface area contributed by atoms with Crippen LogP contribution in [0.5, 0.6) is 0 Å². The van der Waals surface area contributed by atoms with Crippen molar-refractivity contribution >= 4 is 29.0 Å². The van der Waals surface area contributed by atoms with Gasteiger partial charge in [-0.2, -0.15) is 5.10 Å². The molecule has 4 nitrogen and oxygen atoms in total. The lowest BCUT2D eigenvalue weighted by molar-refractivity contribution is -0.128. The molecule has 0 unspecified atom stereocenters. The Morgan fingerprint density at radius 3 is 2.45 bits per heavy atom. The van der Waals surface area contributed by atoms with Crippen LogP contribution in [0.1, 0.15) is 16.6 Å². The fourth-order valence-corrected chi connectivity index (χ4v) is 5.45. The van der Waals surface area contributed by atoms with Gasteiger partial charge in [0.2, 0.25) is 5.91 Å². The Kier molecular flexibility index (Phi) is 4.96. The Labute approximate surface area is 177 Å². The summed E-state index contributed by atoms with van der Waals surface area (Å²) in [4.78, 5) is 15.8. The average molecular weight is 418 g/mol. The molecule has 0 bridgehead atoms. The number of benzene rings is 2. The normalized spacial score (nSPS) is 16.5. The Morgan fingerprint density at radius 1 is 0.966 bits per heavy atom. The van der Waals surface area contributed by atoms with E-state index in [1.165, 1.54) is 4.88 Å². The molecule has 29 heavy (non-hydrogen) atoms. The molecule has 5 rings (SSSR count). The quantitative estimate of drug-likeness (QED) is 0.438. The smallest absolute Gasteiger partial charge is 0.234 e. The zero-order valence-electron chi connectivity index (χ0n) is 15.6. The van der Waals surface area contributed by atoms with E-state index in [1.807, 2.05) is 58.1 Å². The fraction of sp³-hybridized carbons (Fsp3) is 0.130. The Balaban J connectivity index is 1.56. The lowest BCUT2D eigenvalue weighted by atomic mass is 10.1. The number of para-hydroxylation sites is 1. The highest BCUT2D eigenvalue weighted by molar-refractivity contribution is 8.00. The van der Waals surface area contributed by atoms with Gasteiger partial charge in [0.1, 0.15) is 11.1 Å². The molecule has 0 radical (unpaired) electrons. The summed E-state index contributed by atoms with van der Waals surface area (Å²) in [6.07, 6.45) is 2.08. The minimum atomic E-state index is -0.0928. The lowest BCUT2D eigenvalue weighted by Gasteiger charge is -2.23. The molecule has 1 aliphatic rings. The minimum absolute atomic E-state index is 0.0928. The molecule has 0 N–H and O–H groups in total. The molecule has 2 aromatic heterocycles. The first-order valence-electron chi connectivity index (χ1n) is 9.43. The van der Waals surface area contributed by atoms with Crippen LogP contribution >= 0.6 is 23.1 Å². The summed E-state index contributed by atoms with van der Waals surface area (Å²) in [5, 5.41) is 6.94. The van der Waals surface area contributed by atoms with Gasteiger partial charge in [-0.15, -0.1) is 23.1 Å². The second-order valence-electron chi connectivity index (χ2n) is 6.86. The third kappa shape index (κ3) is 3.61. The van der Waals surface area contributed by atoms with Gasteiger partial charge in [-0.3, -0.25) is 4.79 Å². The van der Waals surface area contributed by atoms with Crippen LogP contribution in [-0.2, 0) is 11.3 Å². The van der Waals surface area contributed by atoms with Crippen molar-refractivity contribution in [1.29, 1.82) is 0 Å². The number of hydrogen-bond acceptors (Lipinski definition) is 4.